The Labute approximate surface area is 84.3 Å². The minimum atomic E-state index is -0.609. The zero-order valence-electron chi connectivity index (χ0n) is 8.62. The molecule has 2 heterocycles. The van der Waals surface area contributed by atoms with E-state index in [1.54, 1.807) is 0 Å². The van der Waals surface area contributed by atoms with Crippen LogP contribution in [0.15, 0.2) is 0 Å². The van der Waals surface area contributed by atoms with Crippen LogP contribution in [0.25, 0.3) is 0 Å². The molecule has 2 aliphatic rings. The van der Waals surface area contributed by atoms with Gasteiger partial charge in [0.25, 0.3) is 0 Å². The number of likely N-dealkylation sites (N-methyl/N-ethyl adjacent to an activating group) is 1. The summed E-state index contributed by atoms with van der Waals surface area (Å²) in [6.45, 7) is 2.74. The molecule has 0 spiro atoms. The Morgan fingerprint density at radius 2 is 2.36 bits per heavy atom. The lowest BCUT2D eigenvalue weighted by Gasteiger charge is -2.47. The molecule has 2 fully saturated rings. The number of aliphatic carboxylic acids is 1. The zero-order chi connectivity index (χ0) is 10.2. The number of carboxylic acids is 1. The van der Waals surface area contributed by atoms with Crippen LogP contribution < -0.4 is 5.32 Å². The predicted molar refractivity (Wildman–Crippen MR) is 53.2 cm³/mol. The highest BCUT2D eigenvalue weighted by Gasteiger charge is 2.49. The zero-order valence-corrected chi connectivity index (χ0v) is 8.62. The highest BCUT2D eigenvalue weighted by atomic mass is 16.4. The third-order valence-corrected chi connectivity index (χ3v) is 3.72. The first-order valence-electron chi connectivity index (χ1n) is 5.30. The number of likely N-dealkylation sites (tertiary alicyclic amines) is 1. The van der Waals surface area contributed by atoms with Crippen molar-refractivity contribution in [3.63, 3.8) is 0 Å². The summed E-state index contributed by atoms with van der Waals surface area (Å²) < 4.78 is 0. The molecule has 0 aromatic rings. The Kier molecular flexibility index (Phi) is 2.49. The van der Waals surface area contributed by atoms with Crippen LogP contribution >= 0.6 is 0 Å². The molecule has 0 saturated carbocycles. The number of carboxylic acid groups (broad SMARTS) is 1. The number of nitrogens with one attached hydrogen (secondary N) is 1. The van der Waals surface area contributed by atoms with Crippen LogP contribution in [0, 0.1) is 5.41 Å². The molecule has 0 aromatic carbocycles. The Bertz CT molecular complexity index is 244. The van der Waals surface area contributed by atoms with Crippen molar-refractivity contribution in [2.24, 2.45) is 5.41 Å². The molecule has 2 N–H and O–H groups in total. The van der Waals surface area contributed by atoms with Gasteiger partial charge in [-0.3, -0.25) is 4.79 Å². The van der Waals surface area contributed by atoms with Gasteiger partial charge in [0.2, 0.25) is 0 Å². The average Bonchev–Trinajstić information content (AvgIpc) is 2.17. The van der Waals surface area contributed by atoms with Crippen molar-refractivity contribution in [3.8, 4) is 0 Å². The first kappa shape index (κ1) is 9.93. The Morgan fingerprint density at radius 3 is 3.07 bits per heavy atom. The molecule has 0 aromatic heterocycles. The number of hydrogen-bond donors (Lipinski definition) is 2. The largest absolute Gasteiger partial charge is 0.481 e. The molecule has 4 nitrogen and oxygen atoms in total. The molecule has 14 heavy (non-hydrogen) atoms. The monoisotopic (exact) mass is 198 g/mol. The molecular formula is C10H18N2O2. The molecular weight excluding hydrogens is 180 g/mol. The average molecular weight is 198 g/mol. The van der Waals surface area contributed by atoms with Crippen molar-refractivity contribution >= 4 is 5.97 Å². The van der Waals surface area contributed by atoms with Gasteiger partial charge in [0.1, 0.15) is 0 Å². The van der Waals surface area contributed by atoms with Gasteiger partial charge in [-0.25, -0.2) is 0 Å². The number of fused-ring (bicyclic) bond motifs is 1. The summed E-state index contributed by atoms with van der Waals surface area (Å²) in [5, 5.41) is 12.7. The van der Waals surface area contributed by atoms with Crippen LogP contribution in [-0.4, -0.2) is 48.7 Å². The van der Waals surface area contributed by atoms with Gasteiger partial charge < -0.3 is 15.3 Å². The van der Waals surface area contributed by atoms with E-state index in [0.717, 1.165) is 38.9 Å². The fourth-order valence-corrected chi connectivity index (χ4v) is 2.74. The van der Waals surface area contributed by atoms with E-state index in [-0.39, 0.29) is 6.04 Å². The summed E-state index contributed by atoms with van der Waals surface area (Å²) in [7, 11) is 2.06. The fourth-order valence-electron chi connectivity index (χ4n) is 2.74. The number of hydrogen-bond acceptors (Lipinski definition) is 3. The van der Waals surface area contributed by atoms with Crippen molar-refractivity contribution in [3.05, 3.63) is 0 Å². The van der Waals surface area contributed by atoms with Crippen molar-refractivity contribution in [1.82, 2.24) is 10.2 Å². The van der Waals surface area contributed by atoms with Crippen molar-refractivity contribution < 1.29 is 9.90 Å². The first-order valence-corrected chi connectivity index (χ1v) is 5.30. The van der Waals surface area contributed by atoms with Crippen molar-refractivity contribution in [2.45, 2.75) is 25.3 Å². The third-order valence-electron chi connectivity index (χ3n) is 3.72. The number of carbonyl (C=O) groups is 1. The lowest BCUT2D eigenvalue weighted by molar-refractivity contribution is -0.156. The lowest BCUT2D eigenvalue weighted by Crippen LogP contribution is -2.62. The molecule has 0 aliphatic carbocycles. The number of nitrogens with zero attached hydrogens (tertiary/aromatic N) is 1. The Balaban J connectivity index is 2.20. The van der Waals surface area contributed by atoms with Gasteiger partial charge in [-0.2, -0.15) is 0 Å². The van der Waals surface area contributed by atoms with E-state index in [9.17, 15) is 9.90 Å². The predicted octanol–water partition coefficient (Wildman–Crippen LogP) is 0.145. The van der Waals surface area contributed by atoms with Crippen LogP contribution in [0.3, 0.4) is 0 Å². The maximum absolute atomic E-state index is 11.4. The smallest absolute Gasteiger partial charge is 0.311 e. The van der Waals surface area contributed by atoms with Gasteiger partial charge in [0, 0.05) is 12.6 Å². The van der Waals surface area contributed by atoms with Crippen LogP contribution in [0.4, 0.5) is 0 Å². The van der Waals surface area contributed by atoms with Crippen LogP contribution in [0.5, 0.6) is 0 Å². The van der Waals surface area contributed by atoms with E-state index in [0.29, 0.717) is 0 Å². The molecule has 2 saturated heterocycles. The Morgan fingerprint density at radius 1 is 1.57 bits per heavy atom. The minimum Gasteiger partial charge on any atom is -0.481 e. The standard InChI is InChI=1S/C10H18N2O2/c1-12-6-4-10(9(13)14)3-2-5-11-8(10)7-12/h8,11H,2-7H2,1H3,(H,13,14)/t8-,10+/m0/s1. The summed E-state index contributed by atoms with van der Waals surface area (Å²) in [6.07, 6.45) is 2.62. The second kappa shape index (κ2) is 3.51. The number of piperidine rings is 2. The molecule has 2 atom stereocenters. The third kappa shape index (κ3) is 1.42. The van der Waals surface area contributed by atoms with E-state index in [2.05, 4.69) is 17.3 Å². The number of rotatable bonds is 1. The first-order chi connectivity index (χ1) is 6.65. The molecule has 2 aliphatic heterocycles. The second-order valence-corrected chi connectivity index (χ2v) is 4.58. The topological polar surface area (TPSA) is 52.6 Å². The van der Waals surface area contributed by atoms with Gasteiger partial charge >= 0.3 is 5.97 Å². The summed E-state index contributed by atoms with van der Waals surface area (Å²) in [6, 6.07) is 0.146. The Hall–Kier alpha value is -0.610. The van der Waals surface area contributed by atoms with Crippen LogP contribution in [-0.2, 0) is 4.79 Å². The molecule has 4 heteroatoms. The van der Waals surface area contributed by atoms with E-state index in [1.165, 1.54) is 0 Å². The van der Waals surface area contributed by atoms with E-state index < -0.39 is 11.4 Å². The van der Waals surface area contributed by atoms with Crippen LogP contribution in [0.1, 0.15) is 19.3 Å². The van der Waals surface area contributed by atoms with E-state index >= 15 is 0 Å². The van der Waals surface area contributed by atoms with Crippen LogP contribution in [0.2, 0.25) is 0 Å². The fraction of sp³-hybridized carbons (Fsp3) is 0.900. The molecule has 0 bridgehead atoms. The summed E-state index contributed by atoms with van der Waals surface area (Å²) in [4.78, 5) is 13.6. The molecule has 0 amide bonds. The van der Waals surface area contributed by atoms with Gasteiger partial charge in [0.05, 0.1) is 5.41 Å². The second-order valence-electron chi connectivity index (χ2n) is 4.58. The van der Waals surface area contributed by atoms with Crippen molar-refractivity contribution in [2.75, 3.05) is 26.7 Å². The quantitative estimate of drug-likeness (QED) is 0.629. The van der Waals surface area contributed by atoms with E-state index in [1.807, 2.05) is 0 Å². The van der Waals surface area contributed by atoms with E-state index in [4.69, 9.17) is 0 Å². The van der Waals surface area contributed by atoms with Gasteiger partial charge in [0.15, 0.2) is 0 Å². The molecule has 0 radical (unpaired) electrons. The van der Waals surface area contributed by atoms with Crippen molar-refractivity contribution in [1.29, 1.82) is 0 Å². The summed E-state index contributed by atoms with van der Waals surface area (Å²) in [5.74, 6) is -0.609. The maximum atomic E-state index is 11.4. The SMILES string of the molecule is CN1CC[C@]2(C(=O)O)CCCN[C@H]2C1. The highest BCUT2D eigenvalue weighted by molar-refractivity contribution is 5.76. The minimum absolute atomic E-state index is 0.146. The molecule has 2 rings (SSSR count). The van der Waals surface area contributed by atoms with Gasteiger partial charge in [-0.05, 0) is 39.4 Å². The van der Waals surface area contributed by atoms with Gasteiger partial charge in [-0.15, -0.1) is 0 Å². The van der Waals surface area contributed by atoms with Gasteiger partial charge in [-0.1, -0.05) is 0 Å². The summed E-state index contributed by atoms with van der Waals surface area (Å²) in [5.41, 5.74) is -0.481. The lowest BCUT2D eigenvalue weighted by atomic mass is 9.69. The molecule has 0 unspecified atom stereocenters. The molecule has 80 valence electrons. The maximum Gasteiger partial charge on any atom is 0.311 e. The normalized spacial score (nSPS) is 39.1. The summed E-state index contributed by atoms with van der Waals surface area (Å²) >= 11 is 0. The highest BCUT2D eigenvalue weighted by Crippen LogP contribution is 2.38.